The van der Waals surface area contributed by atoms with Gasteiger partial charge in [-0.05, 0) is 24.3 Å². The first kappa shape index (κ1) is 8.55. The summed E-state index contributed by atoms with van der Waals surface area (Å²) >= 11 is 0. The lowest BCUT2D eigenvalue weighted by Gasteiger charge is -2.21. The van der Waals surface area contributed by atoms with Crippen molar-refractivity contribution in [3.8, 4) is 0 Å². The van der Waals surface area contributed by atoms with Crippen molar-refractivity contribution in [3.63, 3.8) is 0 Å². The van der Waals surface area contributed by atoms with E-state index in [4.69, 9.17) is 0 Å². The number of allylic oxidation sites excluding steroid dienone is 2. The molecule has 13 heavy (non-hydrogen) atoms. The molecule has 0 aromatic heterocycles. The maximum absolute atomic E-state index is 2.36. The summed E-state index contributed by atoms with van der Waals surface area (Å²) in [5.74, 6) is 1.50. The highest BCUT2D eigenvalue weighted by molar-refractivity contribution is 5.24. The lowest BCUT2D eigenvalue weighted by atomic mass is 9.84. The fourth-order valence-corrected chi connectivity index (χ4v) is 2.03. The van der Waals surface area contributed by atoms with Gasteiger partial charge in [-0.15, -0.1) is 0 Å². The van der Waals surface area contributed by atoms with Crippen molar-refractivity contribution >= 4 is 0 Å². The van der Waals surface area contributed by atoms with Crippen LogP contribution in [0.4, 0.5) is 0 Å². The van der Waals surface area contributed by atoms with Gasteiger partial charge in [0.15, 0.2) is 0 Å². The molecule has 0 radical (unpaired) electrons. The largest absolute Gasteiger partial charge is 0.0877 e. The van der Waals surface area contributed by atoms with E-state index in [1.807, 2.05) is 0 Å². The average Bonchev–Trinajstić information content (AvgIpc) is 2.19. The molecule has 0 amide bonds. The number of benzene rings is 1. The summed E-state index contributed by atoms with van der Waals surface area (Å²) in [6, 6.07) is 10.8. The topological polar surface area (TPSA) is 0 Å². The van der Waals surface area contributed by atoms with E-state index in [2.05, 4.69) is 49.4 Å². The molecule has 0 spiro atoms. The molecule has 1 aromatic carbocycles. The van der Waals surface area contributed by atoms with E-state index < -0.39 is 0 Å². The predicted octanol–water partition coefficient (Wildman–Crippen LogP) is 3.76. The summed E-state index contributed by atoms with van der Waals surface area (Å²) < 4.78 is 0. The zero-order valence-corrected chi connectivity index (χ0v) is 8.11. The average molecular weight is 172 g/mol. The standard InChI is InChI=1S/C13H16/c1-11-6-5-9-13(10-11)12-7-3-2-4-8-12/h2-5,7-9,11,13H,6,10H2,1H3/t11-,13+/m1/s1. The van der Waals surface area contributed by atoms with Crippen LogP contribution in [0, 0.1) is 5.92 Å². The van der Waals surface area contributed by atoms with Gasteiger partial charge >= 0.3 is 0 Å². The maximum Gasteiger partial charge on any atom is 0.00206 e. The second-order valence-corrected chi connectivity index (χ2v) is 4.02. The Morgan fingerprint density at radius 1 is 1.15 bits per heavy atom. The van der Waals surface area contributed by atoms with E-state index in [9.17, 15) is 0 Å². The molecular weight excluding hydrogens is 156 g/mol. The van der Waals surface area contributed by atoms with Crippen LogP contribution in [0.25, 0.3) is 0 Å². The Kier molecular flexibility index (Phi) is 2.49. The maximum atomic E-state index is 2.36. The van der Waals surface area contributed by atoms with Crippen LogP contribution in [0.2, 0.25) is 0 Å². The van der Waals surface area contributed by atoms with Crippen molar-refractivity contribution in [2.75, 3.05) is 0 Å². The first-order chi connectivity index (χ1) is 6.36. The van der Waals surface area contributed by atoms with E-state index in [1.54, 1.807) is 0 Å². The molecule has 0 aliphatic heterocycles. The van der Waals surface area contributed by atoms with Crippen molar-refractivity contribution in [1.82, 2.24) is 0 Å². The van der Waals surface area contributed by atoms with Crippen molar-refractivity contribution < 1.29 is 0 Å². The van der Waals surface area contributed by atoms with E-state index in [0.717, 1.165) is 5.92 Å². The van der Waals surface area contributed by atoms with E-state index in [0.29, 0.717) is 5.92 Å². The van der Waals surface area contributed by atoms with Gasteiger partial charge in [0.2, 0.25) is 0 Å². The number of hydrogen-bond acceptors (Lipinski definition) is 0. The lowest BCUT2D eigenvalue weighted by Crippen LogP contribution is -2.06. The molecule has 1 aliphatic carbocycles. The Morgan fingerprint density at radius 3 is 2.62 bits per heavy atom. The second-order valence-electron chi connectivity index (χ2n) is 4.02. The Labute approximate surface area is 80.3 Å². The van der Waals surface area contributed by atoms with Crippen LogP contribution in [0.3, 0.4) is 0 Å². The van der Waals surface area contributed by atoms with Gasteiger partial charge in [-0.2, -0.15) is 0 Å². The highest BCUT2D eigenvalue weighted by Crippen LogP contribution is 2.30. The second kappa shape index (κ2) is 3.78. The molecule has 0 bridgehead atoms. The third-order valence-corrected chi connectivity index (χ3v) is 2.79. The molecule has 68 valence electrons. The van der Waals surface area contributed by atoms with Gasteiger partial charge in [-0.3, -0.25) is 0 Å². The number of hydrogen-bond donors (Lipinski definition) is 0. The van der Waals surface area contributed by atoms with E-state index >= 15 is 0 Å². The molecule has 0 unspecified atom stereocenters. The zero-order valence-electron chi connectivity index (χ0n) is 8.11. The normalized spacial score (nSPS) is 27.5. The summed E-state index contributed by atoms with van der Waals surface area (Å²) in [7, 11) is 0. The van der Waals surface area contributed by atoms with Gasteiger partial charge in [0.1, 0.15) is 0 Å². The summed E-state index contributed by atoms with van der Waals surface area (Å²) in [6.07, 6.45) is 7.24. The molecule has 0 heterocycles. The highest BCUT2D eigenvalue weighted by atomic mass is 14.2. The van der Waals surface area contributed by atoms with Gasteiger partial charge in [0, 0.05) is 5.92 Å². The Hall–Kier alpha value is -1.04. The molecule has 2 atom stereocenters. The predicted molar refractivity (Wildman–Crippen MR) is 56.7 cm³/mol. The monoisotopic (exact) mass is 172 g/mol. The van der Waals surface area contributed by atoms with Crippen molar-refractivity contribution in [3.05, 3.63) is 48.0 Å². The third kappa shape index (κ3) is 2.00. The third-order valence-electron chi connectivity index (χ3n) is 2.79. The molecule has 0 nitrogen and oxygen atoms in total. The molecule has 0 saturated heterocycles. The summed E-state index contributed by atoms with van der Waals surface area (Å²) in [4.78, 5) is 0. The van der Waals surface area contributed by atoms with Crippen LogP contribution in [-0.4, -0.2) is 0 Å². The SMILES string of the molecule is C[C@@H]1CC=C[C@H](c2ccccc2)C1. The van der Waals surface area contributed by atoms with Gasteiger partial charge in [0.25, 0.3) is 0 Å². The first-order valence-corrected chi connectivity index (χ1v) is 5.08. The number of rotatable bonds is 1. The molecule has 0 fully saturated rings. The Morgan fingerprint density at radius 2 is 1.92 bits per heavy atom. The van der Waals surface area contributed by atoms with Crippen LogP contribution >= 0.6 is 0 Å². The van der Waals surface area contributed by atoms with Crippen LogP contribution in [0.5, 0.6) is 0 Å². The van der Waals surface area contributed by atoms with Gasteiger partial charge in [-0.1, -0.05) is 49.4 Å². The summed E-state index contributed by atoms with van der Waals surface area (Å²) in [6.45, 7) is 2.33. The minimum absolute atomic E-state index is 0.657. The molecule has 0 N–H and O–H groups in total. The fourth-order valence-electron chi connectivity index (χ4n) is 2.03. The molecule has 0 heteroatoms. The van der Waals surface area contributed by atoms with E-state index in [1.165, 1.54) is 18.4 Å². The fraction of sp³-hybridized carbons (Fsp3) is 0.385. The smallest absolute Gasteiger partial charge is 0.00206 e. The summed E-state index contributed by atoms with van der Waals surface area (Å²) in [5, 5.41) is 0. The molecular formula is C13H16. The quantitative estimate of drug-likeness (QED) is 0.566. The lowest BCUT2D eigenvalue weighted by molar-refractivity contribution is 0.489. The first-order valence-electron chi connectivity index (χ1n) is 5.08. The molecule has 2 rings (SSSR count). The van der Waals surface area contributed by atoms with Crippen LogP contribution in [0.15, 0.2) is 42.5 Å². The van der Waals surface area contributed by atoms with Crippen molar-refractivity contribution in [2.24, 2.45) is 5.92 Å². The van der Waals surface area contributed by atoms with Gasteiger partial charge in [-0.25, -0.2) is 0 Å². The van der Waals surface area contributed by atoms with E-state index in [-0.39, 0.29) is 0 Å². The summed E-state index contributed by atoms with van der Waals surface area (Å²) in [5.41, 5.74) is 1.46. The molecule has 1 aromatic rings. The highest BCUT2D eigenvalue weighted by Gasteiger charge is 2.15. The Balaban J connectivity index is 2.18. The van der Waals surface area contributed by atoms with Gasteiger partial charge < -0.3 is 0 Å². The molecule has 0 saturated carbocycles. The van der Waals surface area contributed by atoms with Crippen molar-refractivity contribution in [1.29, 1.82) is 0 Å². The van der Waals surface area contributed by atoms with Crippen LogP contribution in [0.1, 0.15) is 31.2 Å². The molecule has 1 aliphatic rings. The minimum atomic E-state index is 0.657. The van der Waals surface area contributed by atoms with Crippen molar-refractivity contribution in [2.45, 2.75) is 25.7 Å². The zero-order chi connectivity index (χ0) is 9.10. The minimum Gasteiger partial charge on any atom is -0.0877 e. The van der Waals surface area contributed by atoms with Gasteiger partial charge in [0.05, 0.1) is 0 Å². The Bertz CT molecular complexity index is 284. The van der Waals surface area contributed by atoms with Crippen LogP contribution in [-0.2, 0) is 0 Å². The van der Waals surface area contributed by atoms with Crippen LogP contribution < -0.4 is 0 Å².